The Morgan fingerprint density at radius 3 is 2.52 bits per heavy atom. The highest BCUT2D eigenvalue weighted by Gasteiger charge is 2.15. The predicted octanol–water partition coefficient (Wildman–Crippen LogP) is 5.62. The molecule has 4 heteroatoms. The van der Waals surface area contributed by atoms with Crippen LogP contribution in [0, 0.1) is 12.7 Å². The fraction of sp³-hybridized carbons (Fsp3) is 0.174. The predicted molar refractivity (Wildman–Crippen MR) is 106 cm³/mol. The zero-order valence-electron chi connectivity index (χ0n) is 15.2. The molecule has 0 unspecified atom stereocenters. The van der Waals surface area contributed by atoms with Crippen LogP contribution in [0.2, 0.25) is 0 Å². The van der Waals surface area contributed by atoms with Gasteiger partial charge in [-0.3, -0.25) is 0 Å². The van der Waals surface area contributed by atoms with Crippen molar-refractivity contribution >= 4 is 11.0 Å². The van der Waals surface area contributed by atoms with Crippen LogP contribution >= 0.6 is 0 Å². The average Bonchev–Trinajstić information content (AvgIpc) is 3.05. The van der Waals surface area contributed by atoms with E-state index < -0.39 is 0 Å². The topological polar surface area (TPSA) is 27.1 Å². The van der Waals surface area contributed by atoms with Crippen LogP contribution in [0.4, 0.5) is 4.39 Å². The van der Waals surface area contributed by atoms with Crippen LogP contribution in [-0.4, -0.2) is 16.2 Å². The molecule has 0 amide bonds. The largest absolute Gasteiger partial charge is 0.493 e. The molecule has 0 aliphatic heterocycles. The number of ether oxygens (including phenoxy) is 1. The molecule has 0 fully saturated rings. The fourth-order valence-electron chi connectivity index (χ4n) is 3.27. The first-order chi connectivity index (χ1) is 13.2. The number of benzene rings is 3. The molecule has 0 spiro atoms. The van der Waals surface area contributed by atoms with Crippen molar-refractivity contribution in [1.82, 2.24) is 9.55 Å². The van der Waals surface area contributed by atoms with Gasteiger partial charge in [-0.1, -0.05) is 42.5 Å². The summed E-state index contributed by atoms with van der Waals surface area (Å²) < 4.78 is 22.3. The van der Waals surface area contributed by atoms with Gasteiger partial charge in [0, 0.05) is 6.54 Å². The number of aromatic nitrogens is 2. The van der Waals surface area contributed by atoms with Crippen molar-refractivity contribution in [2.24, 2.45) is 0 Å². The Hall–Kier alpha value is -3.14. The Bertz CT molecular complexity index is 1070. The zero-order valence-corrected chi connectivity index (χ0v) is 15.2. The summed E-state index contributed by atoms with van der Waals surface area (Å²) in [6, 6.07) is 22.7. The standard InChI is InChI=1S/C23H21FN2O/c1-17-9-2-7-14-22(17)27-16-8-15-26-21-13-6-5-12-20(21)25-23(26)18-10-3-4-11-19(18)24/h2-7,9-14H,8,15-16H2,1H3. The number of nitrogens with zero attached hydrogens (tertiary/aromatic N) is 2. The minimum Gasteiger partial charge on any atom is -0.493 e. The van der Waals surface area contributed by atoms with Gasteiger partial charge in [-0.05, 0) is 49.2 Å². The maximum atomic E-state index is 14.4. The second-order valence-corrected chi connectivity index (χ2v) is 6.52. The summed E-state index contributed by atoms with van der Waals surface area (Å²) in [6.45, 7) is 3.33. The van der Waals surface area contributed by atoms with Crippen molar-refractivity contribution in [2.75, 3.05) is 6.61 Å². The molecule has 0 saturated carbocycles. The van der Waals surface area contributed by atoms with Gasteiger partial charge < -0.3 is 9.30 Å². The summed E-state index contributed by atoms with van der Waals surface area (Å²) >= 11 is 0. The van der Waals surface area contributed by atoms with Crippen molar-refractivity contribution in [1.29, 1.82) is 0 Å². The van der Waals surface area contributed by atoms with E-state index in [2.05, 4.69) is 9.55 Å². The molecule has 136 valence electrons. The first kappa shape index (κ1) is 17.3. The minimum absolute atomic E-state index is 0.259. The molecule has 0 aliphatic rings. The molecule has 0 N–H and O–H groups in total. The normalized spacial score (nSPS) is 11.0. The highest BCUT2D eigenvalue weighted by Crippen LogP contribution is 2.27. The van der Waals surface area contributed by atoms with E-state index >= 15 is 0 Å². The van der Waals surface area contributed by atoms with Crippen LogP contribution in [0.3, 0.4) is 0 Å². The van der Waals surface area contributed by atoms with Gasteiger partial charge in [0.05, 0.1) is 23.2 Å². The zero-order chi connectivity index (χ0) is 18.6. The molecule has 3 aromatic carbocycles. The van der Waals surface area contributed by atoms with Gasteiger partial charge in [-0.25, -0.2) is 9.37 Å². The van der Waals surface area contributed by atoms with E-state index in [1.165, 1.54) is 6.07 Å². The Morgan fingerprint density at radius 2 is 1.67 bits per heavy atom. The molecule has 0 saturated heterocycles. The number of imidazole rings is 1. The Labute approximate surface area is 158 Å². The second-order valence-electron chi connectivity index (χ2n) is 6.52. The van der Waals surface area contributed by atoms with Crippen LogP contribution in [0.25, 0.3) is 22.4 Å². The minimum atomic E-state index is -0.259. The third-order valence-corrected chi connectivity index (χ3v) is 4.65. The van der Waals surface area contributed by atoms with Crippen LogP contribution in [0.15, 0.2) is 72.8 Å². The summed E-state index contributed by atoms with van der Waals surface area (Å²) in [5.74, 6) is 1.30. The van der Waals surface area contributed by atoms with E-state index in [0.717, 1.165) is 28.8 Å². The van der Waals surface area contributed by atoms with E-state index in [0.29, 0.717) is 24.5 Å². The van der Waals surface area contributed by atoms with Crippen LogP contribution in [-0.2, 0) is 6.54 Å². The average molecular weight is 360 g/mol. The van der Waals surface area contributed by atoms with E-state index in [4.69, 9.17) is 4.74 Å². The second kappa shape index (κ2) is 7.62. The van der Waals surface area contributed by atoms with Gasteiger partial charge in [0.25, 0.3) is 0 Å². The number of hydrogen-bond donors (Lipinski definition) is 0. The lowest BCUT2D eigenvalue weighted by Gasteiger charge is -2.12. The molecular weight excluding hydrogens is 339 g/mol. The molecule has 0 atom stereocenters. The summed E-state index contributed by atoms with van der Waals surface area (Å²) in [6.07, 6.45) is 0.802. The molecule has 1 aromatic heterocycles. The van der Waals surface area contributed by atoms with Crippen LogP contribution in [0.5, 0.6) is 5.75 Å². The number of halogens is 1. The molecule has 0 aliphatic carbocycles. The highest BCUT2D eigenvalue weighted by molar-refractivity contribution is 5.80. The maximum absolute atomic E-state index is 14.4. The van der Waals surface area contributed by atoms with Crippen LogP contribution in [0.1, 0.15) is 12.0 Å². The quantitative estimate of drug-likeness (QED) is 0.417. The number of hydrogen-bond acceptors (Lipinski definition) is 2. The highest BCUT2D eigenvalue weighted by atomic mass is 19.1. The van der Waals surface area contributed by atoms with Gasteiger partial charge in [0.15, 0.2) is 0 Å². The van der Waals surface area contributed by atoms with Crippen LogP contribution < -0.4 is 4.74 Å². The monoisotopic (exact) mass is 360 g/mol. The van der Waals surface area contributed by atoms with Crippen molar-refractivity contribution in [2.45, 2.75) is 19.9 Å². The summed E-state index contributed by atoms with van der Waals surface area (Å²) in [5, 5.41) is 0. The lowest BCUT2D eigenvalue weighted by atomic mass is 10.2. The van der Waals surface area contributed by atoms with Crippen molar-refractivity contribution in [3.63, 3.8) is 0 Å². The third kappa shape index (κ3) is 3.56. The first-order valence-electron chi connectivity index (χ1n) is 9.12. The lowest BCUT2D eigenvalue weighted by molar-refractivity contribution is 0.301. The van der Waals surface area contributed by atoms with Gasteiger partial charge in [0.2, 0.25) is 0 Å². The maximum Gasteiger partial charge on any atom is 0.144 e. The SMILES string of the molecule is Cc1ccccc1OCCCn1c(-c2ccccc2F)nc2ccccc21. The van der Waals surface area contributed by atoms with Gasteiger partial charge in [-0.2, -0.15) is 0 Å². The molecule has 27 heavy (non-hydrogen) atoms. The summed E-state index contributed by atoms with van der Waals surface area (Å²) in [5.41, 5.74) is 3.52. The van der Waals surface area contributed by atoms with Crippen molar-refractivity contribution in [3.05, 3.63) is 84.2 Å². The van der Waals surface area contributed by atoms with Crippen molar-refractivity contribution < 1.29 is 9.13 Å². The lowest BCUT2D eigenvalue weighted by Crippen LogP contribution is -2.07. The van der Waals surface area contributed by atoms with Crippen molar-refractivity contribution in [3.8, 4) is 17.1 Å². The third-order valence-electron chi connectivity index (χ3n) is 4.65. The van der Waals surface area contributed by atoms with Gasteiger partial charge in [0.1, 0.15) is 17.4 Å². The summed E-state index contributed by atoms with van der Waals surface area (Å²) in [7, 11) is 0. The number of aryl methyl sites for hydroxylation is 2. The van der Waals surface area contributed by atoms with Gasteiger partial charge >= 0.3 is 0 Å². The van der Waals surface area contributed by atoms with E-state index in [1.807, 2.05) is 61.5 Å². The molecule has 1 heterocycles. The summed E-state index contributed by atoms with van der Waals surface area (Å²) in [4.78, 5) is 4.68. The number of rotatable bonds is 6. The molecule has 4 rings (SSSR count). The number of para-hydroxylation sites is 3. The molecule has 0 bridgehead atoms. The molecular formula is C23H21FN2O. The van der Waals surface area contributed by atoms with E-state index in [-0.39, 0.29) is 5.82 Å². The first-order valence-corrected chi connectivity index (χ1v) is 9.12. The molecule has 3 nitrogen and oxygen atoms in total. The smallest absolute Gasteiger partial charge is 0.144 e. The Morgan fingerprint density at radius 1 is 0.926 bits per heavy atom. The molecule has 0 radical (unpaired) electrons. The molecule has 4 aromatic rings. The number of fused-ring (bicyclic) bond motifs is 1. The van der Waals surface area contributed by atoms with E-state index in [9.17, 15) is 4.39 Å². The van der Waals surface area contributed by atoms with Gasteiger partial charge in [-0.15, -0.1) is 0 Å². The fourth-order valence-corrected chi connectivity index (χ4v) is 3.27. The Kier molecular flexibility index (Phi) is 4.88. The van der Waals surface area contributed by atoms with E-state index in [1.54, 1.807) is 12.1 Å². The Balaban J connectivity index is 1.58.